The van der Waals surface area contributed by atoms with Crippen LogP contribution in [0.2, 0.25) is 0 Å². The number of benzene rings is 1. The van der Waals surface area contributed by atoms with Gasteiger partial charge in [-0.05, 0) is 30.5 Å². The first-order valence-electron chi connectivity index (χ1n) is 6.93. The Morgan fingerprint density at radius 1 is 1.50 bits per heavy atom. The van der Waals surface area contributed by atoms with Gasteiger partial charge in [0, 0.05) is 26.2 Å². The molecule has 1 saturated heterocycles. The molecule has 0 amide bonds. The molecule has 110 valence electrons. The molecule has 20 heavy (non-hydrogen) atoms. The molecule has 1 unspecified atom stereocenters. The van der Waals surface area contributed by atoms with E-state index in [-0.39, 0.29) is 18.3 Å². The van der Waals surface area contributed by atoms with Crippen LogP contribution in [0.1, 0.15) is 24.8 Å². The molecule has 1 fully saturated rings. The first-order valence-corrected chi connectivity index (χ1v) is 6.93. The first kappa shape index (κ1) is 14.9. The molecule has 1 aliphatic rings. The minimum absolute atomic E-state index is 0.0854. The number of carbonyl (C=O) groups is 1. The van der Waals surface area contributed by atoms with Crippen molar-refractivity contribution in [3.63, 3.8) is 0 Å². The van der Waals surface area contributed by atoms with Crippen molar-refractivity contribution in [3.8, 4) is 0 Å². The number of carboxylic acids is 1. The van der Waals surface area contributed by atoms with Crippen LogP contribution in [-0.4, -0.2) is 41.8 Å². The van der Waals surface area contributed by atoms with Crippen LogP contribution < -0.4 is 0 Å². The Hall–Kier alpha value is -1.46. The van der Waals surface area contributed by atoms with Crippen LogP contribution in [-0.2, 0) is 16.1 Å². The number of carboxylic acid groups (broad SMARTS) is 1. The molecule has 0 aromatic heterocycles. The van der Waals surface area contributed by atoms with Crippen molar-refractivity contribution in [2.75, 3.05) is 19.7 Å². The average molecular weight is 281 g/mol. The molecule has 0 bridgehead atoms. The molecule has 1 aromatic rings. The summed E-state index contributed by atoms with van der Waals surface area (Å²) >= 11 is 0. The predicted octanol–water partition coefficient (Wildman–Crippen LogP) is 2.28. The van der Waals surface area contributed by atoms with Gasteiger partial charge < -0.3 is 9.84 Å². The SMILES string of the molecule is O=C(O)CCN(Cc1cccc(F)c1)CC1CCCO1. The van der Waals surface area contributed by atoms with Crippen molar-refractivity contribution in [1.29, 1.82) is 0 Å². The van der Waals surface area contributed by atoms with Gasteiger partial charge in [-0.3, -0.25) is 9.69 Å². The van der Waals surface area contributed by atoms with E-state index in [0.29, 0.717) is 19.6 Å². The number of ether oxygens (including phenoxy) is 1. The molecule has 1 N–H and O–H groups in total. The third-order valence-electron chi connectivity index (χ3n) is 3.42. The van der Waals surface area contributed by atoms with E-state index in [1.54, 1.807) is 6.07 Å². The maximum absolute atomic E-state index is 13.2. The molecular weight excluding hydrogens is 261 g/mol. The second kappa shape index (κ2) is 7.36. The second-order valence-electron chi connectivity index (χ2n) is 5.14. The van der Waals surface area contributed by atoms with Gasteiger partial charge in [-0.1, -0.05) is 12.1 Å². The van der Waals surface area contributed by atoms with Crippen LogP contribution in [0.3, 0.4) is 0 Å². The minimum atomic E-state index is -0.818. The van der Waals surface area contributed by atoms with Crippen molar-refractivity contribution in [2.24, 2.45) is 0 Å². The molecule has 1 aliphatic heterocycles. The molecule has 4 nitrogen and oxygen atoms in total. The number of hydrogen-bond donors (Lipinski definition) is 1. The summed E-state index contributed by atoms with van der Waals surface area (Å²) in [5, 5.41) is 8.82. The maximum Gasteiger partial charge on any atom is 0.304 e. The van der Waals surface area contributed by atoms with Crippen molar-refractivity contribution < 1.29 is 19.0 Å². The lowest BCUT2D eigenvalue weighted by atomic mass is 10.1. The third kappa shape index (κ3) is 4.90. The van der Waals surface area contributed by atoms with E-state index in [1.807, 2.05) is 11.0 Å². The standard InChI is InChI=1S/C15H20FNO3/c16-13-4-1-3-12(9-13)10-17(7-6-15(18)19)11-14-5-2-8-20-14/h1,3-4,9,14H,2,5-8,10-11H2,(H,18,19). The zero-order valence-corrected chi connectivity index (χ0v) is 11.4. The van der Waals surface area contributed by atoms with E-state index in [9.17, 15) is 9.18 Å². The third-order valence-corrected chi connectivity index (χ3v) is 3.42. The highest BCUT2D eigenvalue weighted by atomic mass is 19.1. The van der Waals surface area contributed by atoms with Gasteiger partial charge in [0.25, 0.3) is 0 Å². The van der Waals surface area contributed by atoms with Gasteiger partial charge in [-0.25, -0.2) is 4.39 Å². The predicted molar refractivity (Wildman–Crippen MR) is 72.9 cm³/mol. The summed E-state index contributed by atoms with van der Waals surface area (Å²) in [6, 6.07) is 6.42. The molecule has 1 atom stereocenters. The lowest BCUT2D eigenvalue weighted by Crippen LogP contribution is -2.33. The van der Waals surface area contributed by atoms with Gasteiger partial charge in [-0.2, -0.15) is 0 Å². The zero-order chi connectivity index (χ0) is 14.4. The van der Waals surface area contributed by atoms with Crippen LogP contribution in [0.5, 0.6) is 0 Å². The zero-order valence-electron chi connectivity index (χ0n) is 11.4. The Kier molecular flexibility index (Phi) is 5.49. The Bertz CT molecular complexity index is 446. The number of hydrogen-bond acceptors (Lipinski definition) is 3. The molecule has 5 heteroatoms. The monoisotopic (exact) mass is 281 g/mol. The van der Waals surface area contributed by atoms with E-state index < -0.39 is 5.97 Å². The van der Waals surface area contributed by atoms with Crippen LogP contribution in [0.25, 0.3) is 0 Å². The van der Waals surface area contributed by atoms with E-state index in [4.69, 9.17) is 9.84 Å². The van der Waals surface area contributed by atoms with Gasteiger partial charge in [0.1, 0.15) is 5.82 Å². The van der Waals surface area contributed by atoms with E-state index >= 15 is 0 Å². The average Bonchev–Trinajstić information content (AvgIpc) is 2.89. The topological polar surface area (TPSA) is 49.8 Å². The normalized spacial score (nSPS) is 18.6. The fourth-order valence-corrected chi connectivity index (χ4v) is 2.46. The van der Waals surface area contributed by atoms with Crippen LogP contribution in [0.15, 0.2) is 24.3 Å². The summed E-state index contributed by atoms with van der Waals surface area (Å²) in [5.74, 6) is -1.08. The lowest BCUT2D eigenvalue weighted by Gasteiger charge is -2.24. The number of aliphatic carboxylic acids is 1. The number of halogens is 1. The van der Waals surface area contributed by atoms with Crippen LogP contribution >= 0.6 is 0 Å². The van der Waals surface area contributed by atoms with E-state index in [2.05, 4.69) is 0 Å². The van der Waals surface area contributed by atoms with E-state index in [0.717, 1.165) is 25.0 Å². The van der Waals surface area contributed by atoms with Gasteiger partial charge in [0.15, 0.2) is 0 Å². The molecule has 2 rings (SSSR count). The van der Waals surface area contributed by atoms with Gasteiger partial charge in [0.2, 0.25) is 0 Å². The van der Waals surface area contributed by atoms with Crippen molar-refractivity contribution in [2.45, 2.75) is 31.9 Å². The van der Waals surface area contributed by atoms with Gasteiger partial charge in [-0.15, -0.1) is 0 Å². The maximum atomic E-state index is 13.2. The van der Waals surface area contributed by atoms with Crippen molar-refractivity contribution in [1.82, 2.24) is 4.90 Å². The quantitative estimate of drug-likeness (QED) is 0.833. The van der Waals surface area contributed by atoms with Crippen molar-refractivity contribution >= 4 is 5.97 Å². The molecule has 0 spiro atoms. The molecule has 0 radical (unpaired) electrons. The summed E-state index contributed by atoms with van der Waals surface area (Å²) in [5.41, 5.74) is 0.855. The van der Waals surface area contributed by atoms with Gasteiger partial charge in [0.05, 0.1) is 12.5 Å². The molecule has 0 saturated carbocycles. The Morgan fingerprint density at radius 2 is 2.35 bits per heavy atom. The highest BCUT2D eigenvalue weighted by Crippen LogP contribution is 2.15. The summed E-state index contributed by atoms with van der Waals surface area (Å²) in [4.78, 5) is 12.8. The fraction of sp³-hybridized carbons (Fsp3) is 0.533. The van der Waals surface area contributed by atoms with Crippen LogP contribution in [0.4, 0.5) is 4.39 Å². The molecular formula is C15H20FNO3. The summed E-state index contributed by atoms with van der Waals surface area (Å²) < 4.78 is 18.8. The largest absolute Gasteiger partial charge is 0.481 e. The van der Waals surface area contributed by atoms with E-state index in [1.165, 1.54) is 12.1 Å². The first-order chi connectivity index (χ1) is 9.63. The number of nitrogens with zero attached hydrogens (tertiary/aromatic N) is 1. The second-order valence-corrected chi connectivity index (χ2v) is 5.14. The molecule has 0 aliphatic carbocycles. The minimum Gasteiger partial charge on any atom is -0.481 e. The number of rotatable bonds is 7. The highest BCUT2D eigenvalue weighted by molar-refractivity contribution is 5.66. The summed E-state index contributed by atoms with van der Waals surface area (Å²) in [6.07, 6.45) is 2.31. The summed E-state index contributed by atoms with van der Waals surface area (Å²) in [6.45, 7) is 2.47. The van der Waals surface area contributed by atoms with Gasteiger partial charge >= 0.3 is 5.97 Å². The smallest absolute Gasteiger partial charge is 0.304 e. The molecule has 1 heterocycles. The lowest BCUT2D eigenvalue weighted by molar-refractivity contribution is -0.137. The Labute approximate surface area is 118 Å². The Balaban J connectivity index is 1.95. The fourth-order valence-electron chi connectivity index (χ4n) is 2.46. The van der Waals surface area contributed by atoms with Crippen LogP contribution in [0, 0.1) is 5.82 Å². The molecule has 1 aromatic carbocycles. The Morgan fingerprint density at radius 3 is 3.00 bits per heavy atom. The van der Waals surface area contributed by atoms with Crippen molar-refractivity contribution in [3.05, 3.63) is 35.6 Å². The highest BCUT2D eigenvalue weighted by Gasteiger charge is 2.19. The summed E-state index contributed by atoms with van der Waals surface area (Å²) in [7, 11) is 0.